The second-order valence-electron chi connectivity index (χ2n) is 6.51. The van der Waals surface area contributed by atoms with Crippen LogP contribution in [0.25, 0.3) is 0 Å². The molecule has 0 atom stereocenters. The highest BCUT2D eigenvalue weighted by molar-refractivity contribution is 5.93. The van der Waals surface area contributed by atoms with Gasteiger partial charge in [0.25, 0.3) is 0 Å². The smallest absolute Gasteiger partial charge is 0.238 e. The monoisotopic (exact) mass is 289 g/mol. The van der Waals surface area contributed by atoms with Crippen molar-refractivity contribution in [1.82, 2.24) is 4.90 Å². The molecule has 0 radical (unpaired) electrons. The van der Waals surface area contributed by atoms with E-state index in [2.05, 4.69) is 24.1 Å². The fourth-order valence-corrected chi connectivity index (χ4v) is 2.46. The third-order valence-corrected chi connectivity index (χ3v) is 3.93. The van der Waals surface area contributed by atoms with Gasteiger partial charge < -0.3 is 11.1 Å². The first-order valence-corrected chi connectivity index (χ1v) is 7.85. The van der Waals surface area contributed by atoms with Crippen molar-refractivity contribution in [2.75, 3.05) is 24.1 Å². The minimum absolute atomic E-state index is 0.0681. The maximum Gasteiger partial charge on any atom is 0.238 e. The molecule has 0 heterocycles. The van der Waals surface area contributed by atoms with E-state index in [1.165, 1.54) is 12.8 Å². The van der Waals surface area contributed by atoms with Crippen LogP contribution in [-0.2, 0) is 4.79 Å². The number of nitrogens with one attached hydrogen (secondary N) is 1. The summed E-state index contributed by atoms with van der Waals surface area (Å²) in [6.45, 7) is 7.91. The van der Waals surface area contributed by atoms with Crippen molar-refractivity contribution in [2.45, 2.75) is 46.1 Å². The number of aryl methyl sites for hydroxylation is 1. The molecule has 0 aliphatic heterocycles. The van der Waals surface area contributed by atoms with Gasteiger partial charge in [0.05, 0.1) is 6.54 Å². The Balaban J connectivity index is 1.89. The number of nitrogen functional groups attached to an aromatic ring is 1. The molecule has 4 heteroatoms. The van der Waals surface area contributed by atoms with Crippen LogP contribution in [0.5, 0.6) is 0 Å². The summed E-state index contributed by atoms with van der Waals surface area (Å²) in [6, 6.07) is 6.19. The summed E-state index contributed by atoms with van der Waals surface area (Å²) in [5.74, 6) is 0.743. The van der Waals surface area contributed by atoms with E-state index in [1.54, 1.807) is 0 Å². The first kappa shape index (κ1) is 15.8. The Bertz CT molecular complexity index is 495. The molecular weight excluding hydrogens is 262 g/mol. The molecule has 0 bridgehead atoms. The average molecular weight is 289 g/mol. The number of carbonyl (C=O) groups excluding carboxylic acids is 1. The van der Waals surface area contributed by atoms with Crippen LogP contribution in [0.3, 0.4) is 0 Å². The van der Waals surface area contributed by atoms with Crippen molar-refractivity contribution in [3.05, 3.63) is 23.8 Å². The number of benzene rings is 1. The number of hydrogen-bond acceptors (Lipinski definition) is 3. The lowest BCUT2D eigenvalue weighted by Gasteiger charge is -2.22. The maximum atomic E-state index is 12.3. The van der Waals surface area contributed by atoms with Gasteiger partial charge in [-0.15, -0.1) is 0 Å². The van der Waals surface area contributed by atoms with Crippen LogP contribution >= 0.6 is 0 Å². The summed E-state index contributed by atoms with van der Waals surface area (Å²) in [5.41, 5.74) is 8.32. The molecule has 0 unspecified atom stereocenters. The third-order valence-electron chi connectivity index (χ3n) is 3.93. The topological polar surface area (TPSA) is 58.4 Å². The summed E-state index contributed by atoms with van der Waals surface area (Å²) >= 11 is 0. The molecule has 0 spiro atoms. The fraction of sp³-hybridized carbons (Fsp3) is 0.588. The van der Waals surface area contributed by atoms with Crippen molar-refractivity contribution in [3.8, 4) is 0 Å². The Morgan fingerprint density at radius 1 is 1.43 bits per heavy atom. The molecule has 1 aliphatic carbocycles. The molecular formula is C17H27N3O. The number of rotatable bonds is 7. The molecule has 1 aromatic carbocycles. The van der Waals surface area contributed by atoms with Gasteiger partial charge >= 0.3 is 0 Å². The van der Waals surface area contributed by atoms with Gasteiger partial charge in [0, 0.05) is 17.4 Å². The van der Waals surface area contributed by atoms with Gasteiger partial charge in [0.2, 0.25) is 5.91 Å². The zero-order valence-electron chi connectivity index (χ0n) is 13.4. The van der Waals surface area contributed by atoms with Gasteiger partial charge in [-0.1, -0.05) is 13.8 Å². The first-order chi connectivity index (χ1) is 9.95. The second kappa shape index (κ2) is 6.94. The summed E-state index contributed by atoms with van der Waals surface area (Å²) in [6.07, 6.45) is 3.60. The third kappa shape index (κ3) is 5.05. The zero-order valence-corrected chi connectivity index (χ0v) is 13.4. The van der Waals surface area contributed by atoms with E-state index in [0.29, 0.717) is 18.5 Å². The maximum absolute atomic E-state index is 12.3. The number of hydrogen-bond donors (Lipinski definition) is 2. The summed E-state index contributed by atoms with van der Waals surface area (Å²) in [4.78, 5) is 14.6. The van der Waals surface area contributed by atoms with Gasteiger partial charge in [-0.2, -0.15) is 0 Å². The molecule has 4 nitrogen and oxygen atoms in total. The number of carbonyl (C=O) groups is 1. The van der Waals surface area contributed by atoms with E-state index in [-0.39, 0.29) is 5.91 Å². The van der Waals surface area contributed by atoms with E-state index in [9.17, 15) is 4.79 Å². The molecule has 3 N–H and O–H groups in total. The average Bonchev–Trinajstić information content (AvgIpc) is 3.22. The lowest BCUT2D eigenvalue weighted by molar-refractivity contribution is -0.117. The van der Waals surface area contributed by atoms with Crippen LogP contribution < -0.4 is 11.1 Å². The molecule has 2 rings (SSSR count). The predicted octanol–water partition coefficient (Wildman–Crippen LogP) is 3.03. The zero-order chi connectivity index (χ0) is 15.4. The molecule has 0 aromatic heterocycles. The summed E-state index contributed by atoms with van der Waals surface area (Å²) < 4.78 is 0. The second-order valence-corrected chi connectivity index (χ2v) is 6.51. The number of nitrogens with zero attached hydrogens (tertiary/aromatic N) is 1. The first-order valence-electron chi connectivity index (χ1n) is 7.85. The standard InChI is InChI=1S/C17H27N3O/c1-12(2)8-9-20(15-5-6-15)11-17(21)19-16-7-4-14(18)10-13(16)3/h4,7,10,12,15H,5-6,8-9,11,18H2,1-3H3,(H,19,21). The van der Waals surface area contributed by atoms with Crippen LogP contribution in [0, 0.1) is 12.8 Å². The van der Waals surface area contributed by atoms with Crippen molar-refractivity contribution in [1.29, 1.82) is 0 Å². The van der Waals surface area contributed by atoms with Gasteiger partial charge in [-0.25, -0.2) is 0 Å². The van der Waals surface area contributed by atoms with E-state index in [0.717, 1.165) is 29.9 Å². The highest BCUT2D eigenvalue weighted by Gasteiger charge is 2.30. The Kier molecular flexibility index (Phi) is 5.23. The van der Waals surface area contributed by atoms with Gasteiger partial charge in [-0.3, -0.25) is 9.69 Å². The molecule has 1 aliphatic rings. The van der Waals surface area contributed by atoms with Crippen LogP contribution in [0.4, 0.5) is 11.4 Å². The highest BCUT2D eigenvalue weighted by Crippen LogP contribution is 2.27. The predicted molar refractivity (Wildman–Crippen MR) is 88.3 cm³/mol. The Hall–Kier alpha value is -1.55. The molecule has 1 saturated carbocycles. The molecule has 1 fully saturated rings. The SMILES string of the molecule is Cc1cc(N)ccc1NC(=O)CN(CCC(C)C)C1CC1. The number of nitrogens with two attached hydrogens (primary N) is 1. The Morgan fingerprint density at radius 3 is 2.71 bits per heavy atom. The largest absolute Gasteiger partial charge is 0.399 e. The van der Waals surface area contributed by atoms with E-state index in [4.69, 9.17) is 5.73 Å². The Morgan fingerprint density at radius 2 is 2.14 bits per heavy atom. The minimum atomic E-state index is 0.0681. The lowest BCUT2D eigenvalue weighted by Crippen LogP contribution is -2.36. The Labute approximate surface area is 127 Å². The molecule has 116 valence electrons. The molecule has 21 heavy (non-hydrogen) atoms. The molecule has 0 saturated heterocycles. The van der Waals surface area contributed by atoms with Crippen molar-refractivity contribution >= 4 is 17.3 Å². The molecule has 1 aromatic rings. The van der Waals surface area contributed by atoms with Crippen LogP contribution in [0.1, 0.15) is 38.7 Å². The fourth-order valence-electron chi connectivity index (χ4n) is 2.46. The van der Waals surface area contributed by atoms with E-state index in [1.807, 2.05) is 25.1 Å². The van der Waals surface area contributed by atoms with Crippen LogP contribution in [-0.4, -0.2) is 29.9 Å². The van der Waals surface area contributed by atoms with Crippen molar-refractivity contribution in [3.63, 3.8) is 0 Å². The van der Waals surface area contributed by atoms with Gasteiger partial charge in [0.15, 0.2) is 0 Å². The number of amides is 1. The minimum Gasteiger partial charge on any atom is -0.399 e. The summed E-state index contributed by atoms with van der Waals surface area (Å²) in [5, 5.41) is 3.00. The van der Waals surface area contributed by atoms with Crippen LogP contribution in [0.2, 0.25) is 0 Å². The highest BCUT2D eigenvalue weighted by atomic mass is 16.2. The quantitative estimate of drug-likeness (QED) is 0.759. The van der Waals surface area contributed by atoms with E-state index >= 15 is 0 Å². The normalized spacial score (nSPS) is 14.7. The van der Waals surface area contributed by atoms with Gasteiger partial charge in [-0.05, 0) is 62.4 Å². The van der Waals surface area contributed by atoms with Gasteiger partial charge in [0.1, 0.15) is 0 Å². The number of anilines is 2. The van der Waals surface area contributed by atoms with Crippen molar-refractivity contribution in [2.24, 2.45) is 5.92 Å². The van der Waals surface area contributed by atoms with Crippen molar-refractivity contribution < 1.29 is 4.79 Å². The summed E-state index contributed by atoms with van der Waals surface area (Å²) in [7, 11) is 0. The van der Waals surface area contributed by atoms with E-state index < -0.39 is 0 Å². The van der Waals surface area contributed by atoms with Crippen LogP contribution in [0.15, 0.2) is 18.2 Å². The molecule has 1 amide bonds. The lowest BCUT2D eigenvalue weighted by atomic mass is 10.1.